The highest BCUT2D eigenvalue weighted by Crippen LogP contribution is 2.49. The maximum atomic E-state index is 12.8. The van der Waals surface area contributed by atoms with Gasteiger partial charge in [0.05, 0.1) is 6.10 Å². The van der Waals surface area contributed by atoms with Crippen LogP contribution in [0, 0.1) is 12.3 Å². The van der Waals surface area contributed by atoms with Gasteiger partial charge in [-0.2, -0.15) is 0 Å². The molecule has 1 spiro atoms. The maximum Gasteiger partial charge on any atom is 0.148 e. The molecule has 1 N–H and O–H groups in total. The number of hydrogen-bond donors (Lipinski definition) is 1. The summed E-state index contributed by atoms with van der Waals surface area (Å²) in [6, 6.07) is 4.92. The minimum atomic E-state index is -0.701. The Bertz CT molecular complexity index is 606. The summed E-state index contributed by atoms with van der Waals surface area (Å²) in [6.45, 7) is 1.88. The van der Waals surface area contributed by atoms with Crippen molar-refractivity contribution in [3.8, 4) is 5.75 Å². The Morgan fingerprint density at radius 2 is 1.74 bits per heavy atom. The molecule has 1 aromatic carbocycles. The maximum absolute atomic E-state index is 12.8. The summed E-state index contributed by atoms with van der Waals surface area (Å²) < 4.78 is 5.40. The molecule has 4 nitrogen and oxygen atoms in total. The first-order valence-electron chi connectivity index (χ1n) is 8.32. The van der Waals surface area contributed by atoms with E-state index in [-0.39, 0.29) is 28.8 Å². The van der Waals surface area contributed by atoms with E-state index in [9.17, 15) is 14.7 Å². The van der Waals surface area contributed by atoms with Gasteiger partial charge in [0.1, 0.15) is 23.2 Å². The Balaban J connectivity index is 1.82. The van der Waals surface area contributed by atoms with Crippen molar-refractivity contribution in [2.45, 2.75) is 57.5 Å². The number of carbonyl (C=O) groups is 2. The summed E-state index contributed by atoms with van der Waals surface area (Å²) in [6.07, 6.45) is 4.81. The Morgan fingerprint density at radius 1 is 1.13 bits per heavy atom. The van der Waals surface area contributed by atoms with Gasteiger partial charge in [-0.05, 0) is 61.3 Å². The lowest BCUT2D eigenvalue weighted by atomic mass is 9.61. The molecule has 0 saturated heterocycles. The van der Waals surface area contributed by atoms with Crippen LogP contribution in [0.25, 0.3) is 0 Å². The lowest BCUT2D eigenvalue weighted by Crippen LogP contribution is -2.42. The third-order valence-electron chi connectivity index (χ3n) is 5.64. The number of aryl methyl sites for hydroxylation is 1. The highest BCUT2D eigenvalue weighted by Gasteiger charge is 2.47. The molecule has 0 atom stereocenters. The molecule has 0 heterocycles. The summed E-state index contributed by atoms with van der Waals surface area (Å²) in [5.41, 5.74) is 1.39. The van der Waals surface area contributed by atoms with Crippen LogP contribution in [0.4, 0.5) is 0 Å². The van der Waals surface area contributed by atoms with E-state index < -0.39 is 5.92 Å². The van der Waals surface area contributed by atoms with Crippen LogP contribution in [0.2, 0.25) is 0 Å². The standard InChI is InChI=1S/C19H24O4/c1-12-3-4-13(20)9-15(12)18-16(21)10-19(11-17(18)22)7-5-14(23-2)6-8-19/h3-4,9,14,18,20H,5-8,10-11H2,1-2H3. The fourth-order valence-electron chi connectivity index (χ4n) is 4.26. The molecule has 0 bridgehead atoms. The number of ether oxygens (including phenoxy) is 1. The van der Waals surface area contributed by atoms with E-state index in [0.717, 1.165) is 31.2 Å². The first-order chi connectivity index (χ1) is 10.9. The second-order valence-corrected chi connectivity index (χ2v) is 7.20. The minimum Gasteiger partial charge on any atom is -0.508 e. The predicted octanol–water partition coefficient (Wildman–Crippen LogP) is 3.29. The topological polar surface area (TPSA) is 63.6 Å². The number of carbonyl (C=O) groups excluding carboxylic acids is 2. The van der Waals surface area contributed by atoms with Crippen LogP contribution >= 0.6 is 0 Å². The van der Waals surface area contributed by atoms with E-state index in [4.69, 9.17) is 4.74 Å². The smallest absolute Gasteiger partial charge is 0.148 e. The lowest BCUT2D eigenvalue weighted by molar-refractivity contribution is -0.138. The van der Waals surface area contributed by atoms with Crippen LogP contribution in [0.15, 0.2) is 18.2 Å². The van der Waals surface area contributed by atoms with Crippen molar-refractivity contribution in [3.05, 3.63) is 29.3 Å². The van der Waals surface area contributed by atoms with Crippen molar-refractivity contribution < 1.29 is 19.4 Å². The molecule has 0 unspecified atom stereocenters. The minimum absolute atomic E-state index is 0.00539. The van der Waals surface area contributed by atoms with Gasteiger partial charge in [0, 0.05) is 20.0 Å². The van der Waals surface area contributed by atoms with Gasteiger partial charge in [0.2, 0.25) is 0 Å². The van der Waals surface area contributed by atoms with E-state index in [1.54, 1.807) is 25.3 Å². The molecule has 2 aliphatic carbocycles. The van der Waals surface area contributed by atoms with Crippen molar-refractivity contribution in [1.29, 1.82) is 0 Å². The normalized spacial score (nSPS) is 31.6. The Hall–Kier alpha value is -1.68. The molecule has 0 radical (unpaired) electrons. The Kier molecular flexibility index (Phi) is 4.28. The number of hydrogen-bond acceptors (Lipinski definition) is 4. The average molecular weight is 316 g/mol. The van der Waals surface area contributed by atoms with E-state index >= 15 is 0 Å². The number of rotatable bonds is 2. The summed E-state index contributed by atoms with van der Waals surface area (Å²) in [7, 11) is 1.72. The summed E-state index contributed by atoms with van der Waals surface area (Å²) in [5, 5.41) is 9.70. The molecule has 4 heteroatoms. The zero-order valence-electron chi connectivity index (χ0n) is 13.8. The third-order valence-corrected chi connectivity index (χ3v) is 5.64. The highest BCUT2D eigenvalue weighted by molar-refractivity contribution is 6.10. The molecule has 23 heavy (non-hydrogen) atoms. The van der Waals surface area contributed by atoms with Crippen LogP contribution in [0.1, 0.15) is 55.6 Å². The molecule has 0 amide bonds. The fraction of sp³-hybridized carbons (Fsp3) is 0.579. The van der Waals surface area contributed by atoms with Crippen molar-refractivity contribution in [2.24, 2.45) is 5.41 Å². The Labute approximate surface area is 136 Å². The molecular formula is C19H24O4. The van der Waals surface area contributed by atoms with E-state index in [2.05, 4.69) is 0 Å². The number of benzene rings is 1. The quantitative estimate of drug-likeness (QED) is 0.850. The lowest BCUT2D eigenvalue weighted by Gasteiger charge is -2.43. The number of phenols is 1. The van der Waals surface area contributed by atoms with Gasteiger partial charge in [-0.25, -0.2) is 0 Å². The van der Waals surface area contributed by atoms with Crippen LogP contribution in [-0.4, -0.2) is 29.9 Å². The van der Waals surface area contributed by atoms with Crippen molar-refractivity contribution in [2.75, 3.05) is 7.11 Å². The first-order valence-corrected chi connectivity index (χ1v) is 8.32. The van der Waals surface area contributed by atoms with E-state index in [1.165, 1.54) is 0 Å². The van der Waals surface area contributed by atoms with Crippen molar-refractivity contribution in [1.82, 2.24) is 0 Å². The largest absolute Gasteiger partial charge is 0.508 e. The summed E-state index contributed by atoms with van der Waals surface area (Å²) in [5.74, 6) is -0.586. The predicted molar refractivity (Wildman–Crippen MR) is 86.5 cm³/mol. The second-order valence-electron chi connectivity index (χ2n) is 7.20. The molecule has 124 valence electrons. The van der Waals surface area contributed by atoms with E-state index in [1.807, 2.05) is 6.92 Å². The van der Waals surface area contributed by atoms with Crippen LogP contribution in [0.3, 0.4) is 0 Å². The van der Waals surface area contributed by atoms with Crippen LogP contribution in [-0.2, 0) is 14.3 Å². The van der Waals surface area contributed by atoms with Crippen molar-refractivity contribution in [3.63, 3.8) is 0 Å². The number of methoxy groups -OCH3 is 1. The number of aromatic hydroxyl groups is 1. The van der Waals surface area contributed by atoms with Crippen LogP contribution < -0.4 is 0 Å². The monoisotopic (exact) mass is 316 g/mol. The highest BCUT2D eigenvalue weighted by atomic mass is 16.5. The molecule has 3 rings (SSSR count). The second kappa shape index (κ2) is 6.08. The Morgan fingerprint density at radius 3 is 2.30 bits per heavy atom. The van der Waals surface area contributed by atoms with Gasteiger partial charge in [-0.3, -0.25) is 9.59 Å². The van der Waals surface area contributed by atoms with Gasteiger partial charge < -0.3 is 9.84 Å². The molecule has 2 aliphatic rings. The molecular weight excluding hydrogens is 292 g/mol. The first kappa shape index (κ1) is 16.2. The summed E-state index contributed by atoms with van der Waals surface area (Å²) in [4.78, 5) is 25.5. The summed E-state index contributed by atoms with van der Waals surface area (Å²) >= 11 is 0. The number of ketones is 2. The van der Waals surface area contributed by atoms with Crippen LogP contribution in [0.5, 0.6) is 5.75 Å². The zero-order valence-corrected chi connectivity index (χ0v) is 13.8. The van der Waals surface area contributed by atoms with Gasteiger partial charge in [-0.1, -0.05) is 6.07 Å². The zero-order chi connectivity index (χ0) is 16.6. The fourth-order valence-corrected chi connectivity index (χ4v) is 4.26. The molecule has 0 aromatic heterocycles. The van der Waals surface area contributed by atoms with E-state index in [0.29, 0.717) is 18.4 Å². The van der Waals surface area contributed by atoms with Gasteiger partial charge in [-0.15, -0.1) is 0 Å². The molecule has 0 aliphatic heterocycles. The molecule has 2 saturated carbocycles. The molecule has 1 aromatic rings. The van der Waals surface area contributed by atoms with Crippen molar-refractivity contribution >= 4 is 11.6 Å². The van der Waals surface area contributed by atoms with Gasteiger partial charge in [0.15, 0.2) is 0 Å². The van der Waals surface area contributed by atoms with Gasteiger partial charge >= 0.3 is 0 Å². The number of Topliss-reactive ketones (excluding diaryl/α,β-unsaturated/α-hetero) is 2. The molecule has 2 fully saturated rings. The third kappa shape index (κ3) is 3.05. The van der Waals surface area contributed by atoms with Gasteiger partial charge in [0.25, 0.3) is 0 Å². The SMILES string of the molecule is COC1CCC2(CC1)CC(=O)C(c1cc(O)ccc1C)C(=O)C2. The number of phenolic OH excluding ortho intramolecular Hbond substituents is 1. The average Bonchev–Trinajstić information content (AvgIpc) is 2.51.